The van der Waals surface area contributed by atoms with E-state index in [1.807, 2.05) is 13.8 Å². The number of rotatable bonds is 4. The number of aliphatic hydroxyl groups is 1. The second-order valence-electron chi connectivity index (χ2n) is 4.23. The lowest BCUT2D eigenvalue weighted by molar-refractivity contribution is -0.244. The third-order valence-corrected chi connectivity index (χ3v) is 2.20. The van der Waals surface area contributed by atoms with Gasteiger partial charge in [0, 0.05) is 6.61 Å². The Labute approximate surface area is 93.8 Å². The van der Waals surface area contributed by atoms with Crippen LogP contribution in [0.1, 0.15) is 52.9 Å². The van der Waals surface area contributed by atoms with E-state index in [1.54, 1.807) is 0 Å². The molecule has 0 unspecified atom stereocenters. The van der Waals surface area contributed by atoms with E-state index in [1.165, 1.54) is 19.3 Å². The van der Waals surface area contributed by atoms with Gasteiger partial charge in [-0.15, -0.1) is 0 Å². The summed E-state index contributed by atoms with van der Waals surface area (Å²) in [5, 5.41) is 8.29. The normalized spacial score (nSPS) is 19.2. The van der Waals surface area contributed by atoms with Crippen LogP contribution in [-0.2, 0) is 9.47 Å². The molecule has 0 radical (unpaired) electrons. The minimum atomic E-state index is -0.321. The number of aliphatic hydroxyl groups excluding tert-OH is 1. The highest BCUT2D eigenvalue weighted by Gasteiger charge is 2.21. The maximum atomic E-state index is 8.29. The Balaban J connectivity index is 0.000000265. The summed E-state index contributed by atoms with van der Waals surface area (Å²) in [5.41, 5.74) is 0. The van der Waals surface area contributed by atoms with Gasteiger partial charge in [-0.2, -0.15) is 0 Å². The summed E-state index contributed by atoms with van der Waals surface area (Å²) >= 11 is 0. The van der Waals surface area contributed by atoms with E-state index in [0.717, 1.165) is 26.1 Å². The minimum Gasteiger partial charge on any atom is -0.396 e. The molecule has 92 valence electrons. The van der Waals surface area contributed by atoms with Gasteiger partial charge >= 0.3 is 0 Å². The molecule has 0 atom stereocenters. The maximum Gasteiger partial charge on any atom is 0.162 e. The molecular weight excluding hydrogens is 192 g/mol. The van der Waals surface area contributed by atoms with E-state index in [2.05, 4.69) is 6.92 Å². The predicted molar refractivity (Wildman–Crippen MR) is 61.8 cm³/mol. The lowest BCUT2D eigenvalue weighted by Crippen LogP contribution is -2.33. The quantitative estimate of drug-likeness (QED) is 0.737. The molecule has 0 aromatic rings. The molecule has 3 heteroatoms. The highest BCUT2D eigenvalue weighted by atomic mass is 16.7. The molecule has 1 N–H and O–H groups in total. The molecule has 1 heterocycles. The summed E-state index contributed by atoms with van der Waals surface area (Å²) in [6.45, 7) is 8.08. The topological polar surface area (TPSA) is 38.7 Å². The smallest absolute Gasteiger partial charge is 0.162 e. The van der Waals surface area contributed by atoms with Crippen molar-refractivity contribution in [2.24, 2.45) is 0 Å². The number of hydrogen-bond acceptors (Lipinski definition) is 3. The van der Waals surface area contributed by atoms with E-state index >= 15 is 0 Å². The van der Waals surface area contributed by atoms with E-state index in [-0.39, 0.29) is 5.79 Å². The zero-order chi connectivity index (χ0) is 11.6. The zero-order valence-electron chi connectivity index (χ0n) is 10.4. The van der Waals surface area contributed by atoms with E-state index in [0.29, 0.717) is 6.61 Å². The second-order valence-corrected chi connectivity index (χ2v) is 4.23. The molecule has 0 aliphatic carbocycles. The molecule has 0 aromatic heterocycles. The fraction of sp³-hybridized carbons (Fsp3) is 1.00. The van der Waals surface area contributed by atoms with Gasteiger partial charge in [-0.25, -0.2) is 0 Å². The summed E-state index contributed by atoms with van der Waals surface area (Å²) < 4.78 is 10.5. The monoisotopic (exact) mass is 218 g/mol. The van der Waals surface area contributed by atoms with Crippen molar-refractivity contribution in [2.75, 3.05) is 19.8 Å². The van der Waals surface area contributed by atoms with Crippen LogP contribution in [0.25, 0.3) is 0 Å². The van der Waals surface area contributed by atoms with Crippen molar-refractivity contribution in [3.8, 4) is 0 Å². The Morgan fingerprint density at radius 2 is 1.67 bits per heavy atom. The van der Waals surface area contributed by atoms with Crippen molar-refractivity contribution in [3.63, 3.8) is 0 Å². The third kappa shape index (κ3) is 10.2. The van der Waals surface area contributed by atoms with E-state index in [9.17, 15) is 0 Å². The van der Waals surface area contributed by atoms with Crippen LogP contribution in [0.15, 0.2) is 0 Å². The van der Waals surface area contributed by atoms with Gasteiger partial charge in [0.25, 0.3) is 0 Å². The van der Waals surface area contributed by atoms with Crippen molar-refractivity contribution in [1.29, 1.82) is 0 Å². The average Bonchev–Trinajstić information content (AvgIpc) is 2.19. The summed E-state index contributed by atoms with van der Waals surface area (Å²) in [5.74, 6) is -0.321. The molecule has 1 saturated heterocycles. The Hall–Kier alpha value is -0.120. The van der Waals surface area contributed by atoms with Gasteiger partial charge in [-0.05, 0) is 26.7 Å². The van der Waals surface area contributed by atoms with Crippen LogP contribution in [0, 0.1) is 0 Å². The van der Waals surface area contributed by atoms with Crippen LogP contribution in [0.5, 0.6) is 0 Å². The van der Waals surface area contributed by atoms with Gasteiger partial charge in [0.15, 0.2) is 5.79 Å². The third-order valence-electron chi connectivity index (χ3n) is 2.20. The van der Waals surface area contributed by atoms with Crippen molar-refractivity contribution >= 4 is 0 Å². The molecule has 0 saturated carbocycles. The van der Waals surface area contributed by atoms with Crippen molar-refractivity contribution in [3.05, 3.63) is 0 Å². The van der Waals surface area contributed by atoms with Crippen molar-refractivity contribution in [2.45, 2.75) is 58.7 Å². The largest absolute Gasteiger partial charge is 0.396 e. The summed E-state index contributed by atoms with van der Waals surface area (Å²) in [6, 6.07) is 0. The number of unbranched alkanes of at least 4 members (excludes halogenated alkanes) is 3. The highest BCUT2D eigenvalue weighted by Crippen LogP contribution is 2.15. The van der Waals surface area contributed by atoms with E-state index < -0.39 is 0 Å². The first kappa shape index (κ1) is 14.9. The van der Waals surface area contributed by atoms with Crippen LogP contribution in [-0.4, -0.2) is 30.7 Å². The molecule has 0 aromatic carbocycles. The maximum absolute atomic E-state index is 8.29. The van der Waals surface area contributed by atoms with Gasteiger partial charge in [0.1, 0.15) is 0 Å². The Kier molecular flexibility index (Phi) is 9.06. The molecule has 15 heavy (non-hydrogen) atoms. The molecule has 3 nitrogen and oxygen atoms in total. The Bertz CT molecular complexity index is 123. The standard InChI is InChI=1S/C6H12O2.C6H14O/c1-6(2)7-4-3-5-8-6;1-2-3-4-5-6-7/h3-5H2,1-2H3;7H,2-6H2,1H3. The second kappa shape index (κ2) is 9.13. The van der Waals surface area contributed by atoms with Crippen LogP contribution >= 0.6 is 0 Å². The molecule has 1 rings (SSSR count). The first-order valence-corrected chi connectivity index (χ1v) is 6.01. The molecule has 1 fully saturated rings. The average molecular weight is 218 g/mol. The van der Waals surface area contributed by atoms with Gasteiger partial charge in [0.05, 0.1) is 13.2 Å². The first-order chi connectivity index (χ1) is 7.12. The van der Waals surface area contributed by atoms with Gasteiger partial charge < -0.3 is 14.6 Å². The fourth-order valence-corrected chi connectivity index (χ4v) is 1.28. The Morgan fingerprint density at radius 3 is 2.00 bits per heavy atom. The fourth-order valence-electron chi connectivity index (χ4n) is 1.28. The molecule has 1 aliphatic rings. The number of hydrogen-bond donors (Lipinski definition) is 1. The molecule has 1 aliphatic heterocycles. The van der Waals surface area contributed by atoms with Gasteiger partial charge in [-0.1, -0.05) is 26.2 Å². The van der Waals surface area contributed by atoms with Crippen LogP contribution in [0.4, 0.5) is 0 Å². The van der Waals surface area contributed by atoms with Crippen molar-refractivity contribution in [1.82, 2.24) is 0 Å². The summed E-state index contributed by atoms with van der Waals surface area (Å²) in [7, 11) is 0. The first-order valence-electron chi connectivity index (χ1n) is 6.01. The molecule has 0 spiro atoms. The SMILES string of the molecule is CC1(C)OCCCO1.CCCCCCO. The van der Waals surface area contributed by atoms with Crippen molar-refractivity contribution < 1.29 is 14.6 Å². The van der Waals surface area contributed by atoms with Crippen LogP contribution < -0.4 is 0 Å². The summed E-state index contributed by atoms with van der Waals surface area (Å²) in [6.07, 6.45) is 5.71. The van der Waals surface area contributed by atoms with Gasteiger partial charge in [0.2, 0.25) is 0 Å². The number of ether oxygens (including phenoxy) is 2. The predicted octanol–water partition coefficient (Wildman–Crippen LogP) is 2.72. The zero-order valence-corrected chi connectivity index (χ0v) is 10.4. The van der Waals surface area contributed by atoms with Crippen LogP contribution in [0.2, 0.25) is 0 Å². The molecule has 0 amide bonds. The highest BCUT2D eigenvalue weighted by molar-refractivity contribution is 4.57. The lowest BCUT2D eigenvalue weighted by atomic mass is 10.2. The van der Waals surface area contributed by atoms with E-state index in [4.69, 9.17) is 14.6 Å². The van der Waals surface area contributed by atoms with Crippen LogP contribution in [0.3, 0.4) is 0 Å². The molecular formula is C12H26O3. The Morgan fingerprint density at radius 1 is 1.07 bits per heavy atom. The summed E-state index contributed by atoms with van der Waals surface area (Å²) in [4.78, 5) is 0. The lowest BCUT2D eigenvalue weighted by Gasteiger charge is -2.29. The minimum absolute atomic E-state index is 0.321. The molecule has 0 bridgehead atoms. The van der Waals surface area contributed by atoms with Gasteiger partial charge in [-0.3, -0.25) is 0 Å².